The zero-order valence-electron chi connectivity index (χ0n) is 15.1. The second-order valence-electron chi connectivity index (χ2n) is 7.37. The number of sulfone groups is 1. The zero-order chi connectivity index (χ0) is 19.9. The molecular weight excluding hydrogens is 399 g/mol. The van der Waals surface area contributed by atoms with Crippen LogP contribution in [0, 0.1) is 0 Å². The lowest BCUT2D eigenvalue weighted by Gasteiger charge is -2.23. The predicted octanol–water partition coefficient (Wildman–Crippen LogP) is 4.47. The number of hydrogen-bond acceptors (Lipinski definition) is 5. The van der Waals surface area contributed by atoms with Gasteiger partial charge in [-0.3, -0.25) is 4.79 Å². The first kappa shape index (κ1) is 20.7. The zero-order valence-corrected chi connectivity index (χ0v) is 17.4. The number of carbonyl (C=O) groups excluding carboxylic acids is 1. The van der Waals surface area contributed by atoms with Crippen LogP contribution in [-0.2, 0) is 20.0 Å². The van der Waals surface area contributed by atoms with E-state index in [9.17, 15) is 13.2 Å². The molecule has 1 amide bonds. The fraction of sp³-hybridized carbons (Fsp3) is 0.412. The van der Waals surface area contributed by atoms with Crippen molar-refractivity contribution in [2.24, 2.45) is 0 Å². The molecule has 0 unspecified atom stereocenters. The second kappa shape index (κ2) is 6.87. The van der Waals surface area contributed by atoms with Crippen LogP contribution in [0.15, 0.2) is 33.7 Å². The number of benzene rings is 1. The van der Waals surface area contributed by atoms with Crippen molar-refractivity contribution in [2.75, 3.05) is 5.32 Å². The molecule has 0 bridgehead atoms. The van der Waals surface area contributed by atoms with E-state index < -0.39 is 20.5 Å². The minimum absolute atomic E-state index is 0.0465. The predicted molar refractivity (Wildman–Crippen MR) is 102 cm³/mol. The van der Waals surface area contributed by atoms with Gasteiger partial charge in [0.25, 0.3) is 0 Å². The molecule has 9 heteroatoms. The Morgan fingerprint density at radius 2 is 1.73 bits per heavy atom. The number of anilines is 1. The topological polar surface area (TPSA) is 89.3 Å². The van der Waals surface area contributed by atoms with E-state index in [1.54, 1.807) is 6.07 Å². The van der Waals surface area contributed by atoms with Gasteiger partial charge in [-0.25, -0.2) is 8.42 Å². The highest BCUT2D eigenvalue weighted by Gasteiger charge is 2.44. The van der Waals surface area contributed by atoms with Crippen molar-refractivity contribution in [3.05, 3.63) is 40.1 Å². The quantitative estimate of drug-likeness (QED) is 0.790. The lowest BCUT2D eigenvalue weighted by atomic mass is 9.93. The van der Waals surface area contributed by atoms with Crippen LogP contribution in [0.3, 0.4) is 0 Å². The third kappa shape index (κ3) is 3.89. The van der Waals surface area contributed by atoms with E-state index >= 15 is 0 Å². The molecule has 2 rings (SSSR count). The van der Waals surface area contributed by atoms with Crippen LogP contribution in [0.25, 0.3) is 0 Å². The van der Waals surface area contributed by atoms with Gasteiger partial charge in [-0.2, -0.15) is 0 Å². The van der Waals surface area contributed by atoms with Crippen LogP contribution >= 0.6 is 23.2 Å². The number of rotatable bonds is 4. The van der Waals surface area contributed by atoms with E-state index in [0.717, 1.165) is 0 Å². The average Bonchev–Trinajstić information content (AvgIpc) is 2.95. The molecule has 0 saturated heterocycles. The number of aromatic nitrogens is 1. The van der Waals surface area contributed by atoms with Gasteiger partial charge in [0.2, 0.25) is 5.91 Å². The van der Waals surface area contributed by atoms with Crippen LogP contribution in [0.1, 0.15) is 40.4 Å². The number of nitrogens with zero attached hydrogens (tertiary/aromatic N) is 1. The summed E-state index contributed by atoms with van der Waals surface area (Å²) < 4.78 is 29.3. The van der Waals surface area contributed by atoms with Crippen molar-refractivity contribution < 1.29 is 17.7 Å². The smallest absolute Gasteiger partial charge is 0.246 e. The third-order valence-corrected chi connectivity index (χ3v) is 7.02. The third-order valence-electron chi connectivity index (χ3n) is 3.89. The fourth-order valence-electron chi connectivity index (χ4n) is 2.04. The molecule has 0 saturated carbocycles. The molecule has 0 fully saturated rings. The summed E-state index contributed by atoms with van der Waals surface area (Å²) in [6.45, 7) is 8.38. The van der Waals surface area contributed by atoms with Crippen molar-refractivity contribution in [2.45, 2.75) is 49.7 Å². The Morgan fingerprint density at radius 1 is 1.12 bits per heavy atom. The van der Waals surface area contributed by atoms with Crippen molar-refractivity contribution in [1.82, 2.24) is 5.16 Å². The van der Waals surface area contributed by atoms with Crippen molar-refractivity contribution in [1.29, 1.82) is 0 Å². The summed E-state index contributed by atoms with van der Waals surface area (Å²) in [4.78, 5) is 12.5. The molecule has 0 radical (unpaired) electrons. The number of halogens is 2. The minimum Gasteiger partial charge on any atom is -0.359 e. The largest absolute Gasteiger partial charge is 0.359 e. The van der Waals surface area contributed by atoms with E-state index in [0.29, 0.717) is 10.8 Å². The summed E-state index contributed by atoms with van der Waals surface area (Å²) in [6, 6.07) is 5.57. The van der Waals surface area contributed by atoms with E-state index in [1.807, 2.05) is 20.8 Å². The Balaban J connectivity index is 2.33. The summed E-state index contributed by atoms with van der Waals surface area (Å²) >= 11 is 11.8. The Labute approximate surface area is 162 Å². The molecule has 0 aliphatic heterocycles. The molecule has 26 heavy (non-hydrogen) atoms. The van der Waals surface area contributed by atoms with Gasteiger partial charge >= 0.3 is 0 Å². The second-order valence-corrected chi connectivity index (χ2v) is 10.7. The average molecular weight is 419 g/mol. The Morgan fingerprint density at radius 3 is 2.23 bits per heavy atom. The van der Waals surface area contributed by atoms with Crippen LogP contribution in [-0.4, -0.2) is 24.2 Å². The molecular formula is C17H20Cl2N2O4S. The van der Waals surface area contributed by atoms with Crippen molar-refractivity contribution in [3.8, 4) is 0 Å². The van der Waals surface area contributed by atoms with E-state index in [-0.39, 0.29) is 21.2 Å². The fourth-order valence-corrected chi connectivity index (χ4v) is 4.17. The normalized spacial score (nSPS) is 12.9. The first-order valence-electron chi connectivity index (χ1n) is 7.75. The molecule has 1 aromatic carbocycles. The number of carbonyl (C=O) groups is 1. The van der Waals surface area contributed by atoms with Gasteiger partial charge in [0.1, 0.15) is 10.5 Å². The summed E-state index contributed by atoms with van der Waals surface area (Å²) in [6.07, 6.45) is 0. The van der Waals surface area contributed by atoms with Gasteiger partial charge in [-0.05, 0) is 32.0 Å². The lowest BCUT2D eigenvalue weighted by molar-refractivity contribution is -0.117. The Hall–Kier alpha value is -1.57. The van der Waals surface area contributed by atoms with Crippen LogP contribution < -0.4 is 5.32 Å². The van der Waals surface area contributed by atoms with Gasteiger partial charge < -0.3 is 9.84 Å². The van der Waals surface area contributed by atoms with Gasteiger partial charge in [0, 0.05) is 16.5 Å². The lowest BCUT2D eigenvalue weighted by Crippen LogP contribution is -2.44. The van der Waals surface area contributed by atoms with Crippen LogP contribution in [0.2, 0.25) is 10.0 Å². The number of nitrogens with one attached hydrogen (secondary N) is 1. The first-order chi connectivity index (χ1) is 11.8. The first-order valence-corrected chi connectivity index (χ1v) is 9.99. The highest BCUT2D eigenvalue weighted by molar-refractivity contribution is 7.93. The molecule has 0 atom stereocenters. The Kier molecular flexibility index (Phi) is 5.48. The number of amides is 1. The van der Waals surface area contributed by atoms with E-state index in [4.69, 9.17) is 27.7 Å². The maximum atomic E-state index is 12.9. The van der Waals surface area contributed by atoms with Gasteiger partial charge in [-0.1, -0.05) is 49.1 Å². The maximum absolute atomic E-state index is 12.9. The monoisotopic (exact) mass is 418 g/mol. The molecule has 2 aromatic rings. The molecule has 142 valence electrons. The Bertz CT molecular complexity index is 944. The van der Waals surface area contributed by atoms with Gasteiger partial charge in [-0.15, -0.1) is 0 Å². The number of hydrogen-bond donors (Lipinski definition) is 1. The van der Waals surface area contributed by atoms with Crippen LogP contribution in [0.4, 0.5) is 5.82 Å². The van der Waals surface area contributed by atoms with Crippen molar-refractivity contribution in [3.63, 3.8) is 0 Å². The van der Waals surface area contributed by atoms with Crippen molar-refractivity contribution >= 4 is 44.8 Å². The highest BCUT2D eigenvalue weighted by Crippen LogP contribution is 2.33. The molecule has 1 heterocycles. The summed E-state index contributed by atoms with van der Waals surface area (Å²) in [5.41, 5.74) is -0.297. The maximum Gasteiger partial charge on any atom is 0.246 e. The molecule has 6 nitrogen and oxygen atoms in total. The summed E-state index contributed by atoms with van der Waals surface area (Å²) in [5.74, 6) is -0.0445. The summed E-state index contributed by atoms with van der Waals surface area (Å²) in [7, 11) is -4.09. The molecule has 1 aromatic heterocycles. The molecule has 1 N–H and O–H groups in total. The molecule has 0 aliphatic rings. The van der Waals surface area contributed by atoms with E-state index in [2.05, 4.69) is 10.5 Å². The summed E-state index contributed by atoms with van der Waals surface area (Å²) in [5, 5.41) is 6.52. The molecule has 0 aliphatic carbocycles. The SMILES string of the molecule is CC(C)(C)c1cc(NC(=O)C(C)(C)S(=O)(=O)c2ccc(Cl)cc2Cl)no1. The minimum atomic E-state index is -4.09. The van der Waals surface area contributed by atoms with Crippen LogP contribution in [0.5, 0.6) is 0 Å². The van der Waals surface area contributed by atoms with Gasteiger partial charge in [0.15, 0.2) is 15.7 Å². The van der Waals surface area contributed by atoms with Gasteiger partial charge in [0.05, 0.1) is 9.92 Å². The standard InChI is InChI=1S/C17H20Cl2N2O4S/c1-16(2,3)13-9-14(21-25-13)20-15(22)17(4,5)26(23,24)12-7-6-10(18)8-11(12)19/h6-9H,1-5H3,(H,20,21,22). The van der Waals surface area contributed by atoms with E-state index in [1.165, 1.54) is 32.0 Å². The molecule has 0 spiro atoms. The highest BCUT2D eigenvalue weighted by atomic mass is 35.5.